The first kappa shape index (κ1) is 16.7. The van der Waals surface area contributed by atoms with Crippen molar-refractivity contribution in [2.75, 3.05) is 13.2 Å². The number of carbonyl (C=O) groups excluding carboxylic acids is 1. The first-order valence-corrected chi connectivity index (χ1v) is 7.97. The molecule has 0 spiro atoms. The van der Waals surface area contributed by atoms with E-state index in [1.807, 2.05) is 6.07 Å². The number of aliphatic hydroxyl groups is 1. The summed E-state index contributed by atoms with van der Waals surface area (Å²) in [6, 6.07) is 7.08. The highest BCUT2D eigenvalue weighted by molar-refractivity contribution is 6.36. The molecule has 0 aliphatic rings. The summed E-state index contributed by atoms with van der Waals surface area (Å²) in [7, 11) is 0. The third kappa shape index (κ3) is 3.96. The van der Waals surface area contributed by atoms with Crippen LogP contribution in [0.25, 0.3) is 10.9 Å². The van der Waals surface area contributed by atoms with Gasteiger partial charge in [-0.15, -0.1) is 0 Å². The van der Waals surface area contributed by atoms with E-state index in [0.717, 1.165) is 18.2 Å². The van der Waals surface area contributed by atoms with Crippen LogP contribution in [0.15, 0.2) is 30.5 Å². The summed E-state index contributed by atoms with van der Waals surface area (Å²) in [5.41, 5.74) is 1.14. The van der Waals surface area contributed by atoms with Crippen molar-refractivity contribution in [1.82, 2.24) is 10.3 Å². The third-order valence-corrected chi connectivity index (χ3v) is 4.08. The maximum atomic E-state index is 12.4. The Morgan fingerprint density at radius 1 is 1.36 bits per heavy atom. The number of pyridine rings is 1. The summed E-state index contributed by atoms with van der Waals surface area (Å²) in [4.78, 5) is 16.7. The lowest BCUT2D eigenvalue weighted by molar-refractivity contribution is 0.0944. The van der Waals surface area contributed by atoms with Crippen LogP contribution in [-0.4, -0.2) is 29.1 Å². The number of nitrogens with zero attached hydrogens (tertiary/aromatic N) is 1. The molecule has 2 rings (SSSR count). The van der Waals surface area contributed by atoms with Crippen LogP contribution in [0.4, 0.5) is 0 Å². The SMILES string of the molecule is CCCC(CCO)CNC(=O)c1ccc(Cl)c2cccnc12. The van der Waals surface area contributed by atoms with Gasteiger partial charge in [0.2, 0.25) is 0 Å². The maximum absolute atomic E-state index is 12.4. The minimum absolute atomic E-state index is 0.145. The number of hydrogen-bond acceptors (Lipinski definition) is 3. The largest absolute Gasteiger partial charge is 0.396 e. The number of aromatic nitrogens is 1. The summed E-state index contributed by atoms with van der Waals surface area (Å²) in [6.07, 6.45) is 4.38. The predicted molar refractivity (Wildman–Crippen MR) is 89.2 cm³/mol. The number of hydrogen-bond donors (Lipinski definition) is 2. The molecule has 2 aromatic rings. The lowest BCUT2D eigenvalue weighted by Gasteiger charge is -2.16. The van der Waals surface area contributed by atoms with E-state index in [4.69, 9.17) is 16.7 Å². The molecule has 5 heteroatoms. The molecule has 0 aliphatic carbocycles. The van der Waals surface area contributed by atoms with Crippen LogP contribution in [0.5, 0.6) is 0 Å². The molecular formula is C17H21ClN2O2. The van der Waals surface area contributed by atoms with Crippen LogP contribution >= 0.6 is 11.6 Å². The van der Waals surface area contributed by atoms with Gasteiger partial charge in [0.15, 0.2) is 0 Å². The van der Waals surface area contributed by atoms with E-state index in [0.29, 0.717) is 35.0 Å². The fraction of sp³-hybridized carbons (Fsp3) is 0.412. The number of halogens is 1. The van der Waals surface area contributed by atoms with Gasteiger partial charge in [-0.2, -0.15) is 0 Å². The first-order valence-electron chi connectivity index (χ1n) is 7.59. The monoisotopic (exact) mass is 320 g/mol. The Morgan fingerprint density at radius 3 is 2.91 bits per heavy atom. The third-order valence-electron chi connectivity index (χ3n) is 3.75. The zero-order chi connectivity index (χ0) is 15.9. The standard InChI is InChI=1S/C17H21ClN2O2/c1-2-4-12(8-10-21)11-20-17(22)14-6-7-15(18)13-5-3-9-19-16(13)14/h3,5-7,9,12,21H,2,4,8,10-11H2,1H3,(H,20,22). The van der Waals surface area contributed by atoms with Gasteiger partial charge in [-0.1, -0.05) is 24.9 Å². The fourth-order valence-corrected chi connectivity index (χ4v) is 2.81. The van der Waals surface area contributed by atoms with E-state index in [2.05, 4.69) is 17.2 Å². The Bertz CT molecular complexity index is 640. The van der Waals surface area contributed by atoms with Crippen LogP contribution in [0.1, 0.15) is 36.5 Å². The molecule has 1 aromatic heterocycles. The lowest BCUT2D eigenvalue weighted by atomic mass is 10.00. The van der Waals surface area contributed by atoms with Gasteiger partial charge in [0.1, 0.15) is 0 Å². The number of fused-ring (bicyclic) bond motifs is 1. The Balaban J connectivity index is 2.15. The average molecular weight is 321 g/mol. The highest BCUT2D eigenvalue weighted by Gasteiger charge is 2.14. The van der Waals surface area contributed by atoms with Gasteiger partial charge in [0.25, 0.3) is 5.91 Å². The van der Waals surface area contributed by atoms with Crippen molar-refractivity contribution in [2.45, 2.75) is 26.2 Å². The van der Waals surface area contributed by atoms with E-state index < -0.39 is 0 Å². The Labute approximate surface area is 135 Å². The molecule has 1 amide bonds. The number of rotatable bonds is 7. The van der Waals surface area contributed by atoms with E-state index in [1.54, 1.807) is 24.4 Å². The minimum Gasteiger partial charge on any atom is -0.396 e. The molecule has 0 fully saturated rings. The molecule has 0 aliphatic heterocycles. The Morgan fingerprint density at radius 2 is 2.18 bits per heavy atom. The summed E-state index contributed by atoms with van der Waals surface area (Å²) in [5.74, 6) is 0.143. The van der Waals surface area contributed by atoms with Crippen LogP contribution in [0.3, 0.4) is 0 Å². The van der Waals surface area contributed by atoms with E-state index >= 15 is 0 Å². The van der Waals surface area contributed by atoms with Crippen molar-refractivity contribution in [3.8, 4) is 0 Å². The quantitative estimate of drug-likeness (QED) is 0.821. The smallest absolute Gasteiger partial charge is 0.253 e. The highest BCUT2D eigenvalue weighted by Crippen LogP contribution is 2.24. The van der Waals surface area contributed by atoms with E-state index in [9.17, 15) is 4.79 Å². The molecule has 0 bridgehead atoms. The summed E-state index contributed by atoms with van der Waals surface area (Å²) < 4.78 is 0. The number of benzene rings is 1. The fourth-order valence-electron chi connectivity index (χ4n) is 2.59. The van der Waals surface area contributed by atoms with Crippen molar-refractivity contribution in [2.24, 2.45) is 5.92 Å². The second-order valence-electron chi connectivity index (χ2n) is 5.37. The molecule has 4 nitrogen and oxygen atoms in total. The molecule has 1 heterocycles. The molecule has 22 heavy (non-hydrogen) atoms. The van der Waals surface area contributed by atoms with Crippen molar-refractivity contribution in [3.63, 3.8) is 0 Å². The summed E-state index contributed by atoms with van der Waals surface area (Å²) in [6.45, 7) is 2.80. The van der Waals surface area contributed by atoms with Crippen LogP contribution < -0.4 is 5.32 Å². The molecule has 0 radical (unpaired) electrons. The lowest BCUT2D eigenvalue weighted by Crippen LogP contribution is -2.30. The molecule has 1 aromatic carbocycles. The molecule has 0 saturated heterocycles. The van der Waals surface area contributed by atoms with Gasteiger partial charge in [0.05, 0.1) is 16.1 Å². The summed E-state index contributed by atoms with van der Waals surface area (Å²) >= 11 is 6.14. The molecule has 1 unspecified atom stereocenters. The van der Waals surface area contributed by atoms with Crippen molar-refractivity contribution < 1.29 is 9.90 Å². The van der Waals surface area contributed by atoms with Crippen molar-refractivity contribution in [1.29, 1.82) is 0 Å². The van der Waals surface area contributed by atoms with Crippen LogP contribution in [-0.2, 0) is 0 Å². The number of carbonyl (C=O) groups is 1. The zero-order valence-corrected chi connectivity index (χ0v) is 13.4. The molecular weight excluding hydrogens is 300 g/mol. The second-order valence-corrected chi connectivity index (χ2v) is 5.78. The van der Waals surface area contributed by atoms with Crippen molar-refractivity contribution in [3.05, 3.63) is 41.0 Å². The molecule has 2 N–H and O–H groups in total. The van der Waals surface area contributed by atoms with Gasteiger partial charge in [-0.3, -0.25) is 9.78 Å². The van der Waals surface area contributed by atoms with Gasteiger partial charge in [-0.05, 0) is 43.0 Å². The average Bonchev–Trinajstić information content (AvgIpc) is 2.53. The van der Waals surface area contributed by atoms with Crippen LogP contribution in [0, 0.1) is 5.92 Å². The number of nitrogens with one attached hydrogen (secondary N) is 1. The Kier molecular flexibility index (Phi) is 6.16. The predicted octanol–water partition coefficient (Wildman–Crippen LogP) is 3.42. The molecule has 0 saturated carbocycles. The van der Waals surface area contributed by atoms with Gasteiger partial charge in [-0.25, -0.2) is 0 Å². The van der Waals surface area contributed by atoms with Gasteiger partial charge in [0, 0.05) is 24.7 Å². The topological polar surface area (TPSA) is 62.2 Å². The second kappa shape index (κ2) is 8.11. The van der Waals surface area contributed by atoms with E-state index in [1.165, 1.54) is 0 Å². The van der Waals surface area contributed by atoms with Crippen molar-refractivity contribution >= 4 is 28.4 Å². The summed E-state index contributed by atoms with van der Waals surface area (Å²) in [5, 5.41) is 13.4. The highest BCUT2D eigenvalue weighted by atomic mass is 35.5. The van der Waals surface area contributed by atoms with Gasteiger partial charge >= 0.3 is 0 Å². The number of aliphatic hydroxyl groups excluding tert-OH is 1. The number of amides is 1. The minimum atomic E-state index is -0.153. The molecule has 118 valence electrons. The van der Waals surface area contributed by atoms with Crippen LogP contribution in [0.2, 0.25) is 5.02 Å². The van der Waals surface area contributed by atoms with E-state index in [-0.39, 0.29) is 12.5 Å². The Hall–Kier alpha value is -1.65. The normalized spacial score (nSPS) is 12.3. The zero-order valence-electron chi connectivity index (χ0n) is 12.7. The maximum Gasteiger partial charge on any atom is 0.253 e. The first-order chi connectivity index (χ1) is 10.7. The van der Waals surface area contributed by atoms with Gasteiger partial charge < -0.3 is 10.4 Å². The molecule has 1 atom stereocenters.